The van der Waals surface area contributed by atoms with Gasteiger partial charge >= 0.3 is 0 Å². The number of benzene rings is 1. The van der Waals surface area contributed by atoms with E-state index in [9.17, 15) is 9.59 Å². The molecule has 1 heterocycles. The van der Waals surface area contributed by atoms with E-state index in [-0.39, 0.29) is 24.2 Å². The van der Waals surface area contributed by atoms with Gasteiger partial charge in [-0.05, 0) is 23.9 Å². The van der Waals surface area contributed by atoms with E-state index in [1.165, 1.54) is 14.2 Å². The van der Waals surface area contributed by atoms with Gasteiger partial charge in [0, 0.05) is 18.7 Å². The number of hydrogen-bond donors (Lipinski definition) is 1. The van der Waals surface area contributed by atoms with Crippen LogP contribution in [-0.4, -0.2) is 43.4 Å². The van der Waals surface area contributed by atoms with Crippen LogP contribution in [0.4, 0.5) is 4.79 Å². The predicted molar refractivity (Wildman–Crippen MR) is 81.3 cm³/mol. The molecule has 2 N–H and O–H groups in total. The van der Waals surface area contributed by atoms with Crippen LogP contribution in [0, 0.1) is 0 Å². The maximum atomic E-state index is 12.2. The Hall–Kier alpha value is -1.99. The molecule has 1 fully saturated rings. The Bertz CT molecular complexity index is 601. The van der Waals surface area contributed by atoms with Crippen molar-refractivity contribution in [1.82, 2.24) is 4.90 Å². The summed E-state index contributed by atoms with van der Waals surface area (Å²) < 4.78 is 10.5. The molecule has 0 aromatic heterocycles. The number of para-hydroxylation sites is 1. The monoisotopic (exact) mass is 308 g/mol. The minimum Gasteiger partial charge on any atom is -0.493 e. The molecule has 0 radical (unpaired) electrons. The molecule has 2 rings (SSSR count). The number of thioether (sulfide) groups is 1. The Balaban J connectivity index is 2.37. The van der Waals surface area contributed by atoms with Gasteiger partial charge in [0.25, 0.3) is 11.1 Å². The average Bonchev–Trinajstić information content (AvgIpc) is 2.75. The molecule has 0 aliphatic carbocycles. The highest BCUT2D eigenvalue weighted by Gasteiger charge is 2.34. The lowest BCUT2D eigenvalue weighted by molar-refractivity contribution is -0.122. The second-order valence-corrected chi connectivity index (χ2v) is 5.20. The summed E-state index contributed by atoms with van der Waals surface area (Å²) in [4.78, 5) is 25.4. The predicted octanol–water partition coefficient (Wildman–Crippen LogP) is 1.70. The first-order chi connectivity index (χ1) is 10.1. The second kappa shape index (κ2) is 6.64. The molecule has 1 aliphatic heterocycles. The van der Waals surface area contributed by atoms with Crippen molar-refractivity contribution in [2.24, 2.45) is 5.73 Å². The smallest absolute Gasteiger partial charge is 0.293 e. The van der Waals surface area contributed by atoms with Crippen molar-refractivity contribution in [2.75, 3.05) is 27.3 Å². The molecule has 21 heavy (non-hydrogen) atoms. The SMILES string of the molecule is COc1cccc(/C=C2\SC(=O)N(CCN)C2=O)c1OC. The zero-order chi connectivity index (χ0) is 15.4. The average molecular weight is 308 g/mol. The van der Waals surface area contributed by atoms with Gasteiger partial charge in [0.05, 0.1) is 19.1 Å². The van der Waals surface area contributed by atoms with Crippen molar-refractivity contribution in [2.45, 2.75) is 0 Å². The molecular weight excluding hydrogens is 292 g/mol. The molecule has 1 aromatic rings. The third-order valence-corrected chi connectivity index (χ3v) is 3.85. The van der Waals surface area contributed by atoms with Gasteiger partial charge in [0.2, 0.25) is 0 Å². The van der Waals surface area contributed by atoms with Crippen LogP contribution in [0.25, 0.3) is 6.08 Å². The summed E-state index contributed by atoms with van der Waals surface area (Å²) in [6, 6.07) is 5.34. The van der Waals surface area contributed by atoms with E-state index in [0.717, 1.165) is 16.7 Å². The van der Waals surface area contributed by atoms with Gasteiger partial charge in [0.1, 0.15) is 0 Å². The summed E-state index contributed by atoms with van der Waals surface area (Å²) in [6.45, 7) is 0.463. The number of carbonyl (C=O) groups is 2. The lowest BCUT2D eigenvalue weighted by Gasteiger charge is -2.11. The number of nitrogens with two attached hydrogens (primary N) is 1. The minimum absolute atomic E-state index is 0.219. The normalized spacial score (nSPS) is 16.7. The highest BCUT2D eigenvalue weighted by molar-refractivity contribution is 8.18. The molecule has 1 aromatic carbocycles. The molecule has 2 amide bonds. The molecule has 0 bridgehead atoms. The van der Waals surface area contributed by atoms with E-state index in [4.69, 9.17) is 15.2 Å². The van der Waals surface area contributed by atoms with Crippen molar-refractivity contribution in [1.29, 1.82) is 0 Å². The first-order valence-electron chi connectivity index (χ1n) is 6.28. The number of carbonyl (C=O) groups excluding carboxylic acids is 2. The lowest BCUT2D eigenvalue weighted by Crippen LogP contribution is -2.33. The van der Waals surface area contributed by atoms with E-state index < -0.39 is 0 Å². The Morgan fingerprint density at radius 2 is 2.05 bits per heavy atom. The van der Waals surface area contributed by atoms with Crippen LogP contribution in [0.5, 0.6) is 11.5 Å². The van der Waals surface area contributed by atoms with Gasteiger partial charge < -0.3 is 15.2 Å². The van der Waals surface area contributed by atoms with Crippen LogP contribution >= 0.6 is 11.8 Å². The number of ether oxygens (including phenoxy) is 2. The highest BCUT2D eigenvalue weighted by Crippen LogP contribution is 2.36. The molecule has 0 saturated carbocycles. The Morgan fingerprint density at radius 3 is 2.67 bits per heavy atom. The molecule has 0 unspecified atom stereocenters. The van der Waals surface area contributed by atoms with E-state index in [0.29, 0.717) is 22.0 Å². The fourth-order valence-electron chi connectivity index (χ4n) is 1.99. The van der Waals surface area contributed by atoms with Gasteiger partial charge in [-0.2, -0.15) is 0 Å². The van der Waals surface area contributed by atoms with Gasteiger partial charge in [-0.15, -0.1) is 0 Å². The fraction of sp³-hybridized carbons (Fsp3) is 0.286. The quantitative estimate of drug-likeness (QED) is 0.834. The standard InChI is InChI=1S/C14H16N2O4S/c1-19-10-5-3-4-9(12(10)20-2)8-11-13(17)16(7-6-15)14(18)21-11/h3-5,8H,6-7,15H2,1-2H3/b11-8-. The van der Waals surface area contributed by atoms with E-state index in [2.05, 4.69) is 0 Å². The lowest BCUT2D eigenvalue weighted by atomic mass is 10.1. The molecule has 7 heteroatoms. The zero-order valence-electron chi connectivity index (χ0n) is 11.8. The number of imide groups is 1. The van der Waals surface area contributed by atoms with Gasteiger partial charge in [-0.3, -0.25) is 14.5 Å². The van der Waals surface area contributed by atoms with Crippen LogP contribution in [0.3, 0.4) is 0 Å². The third kappa shape index (κ3) is 3.03. The van der Waals surface area contributed by atoms with E-state index in [1.807, 2.05) is 0 Å². The summed E-state index contributed by atoms with van der Waals surface area (Å²) in [7, 11) is 3.06. The van der Waals surface area contributed by atoms with Crippen molar-refractivity contribution < 1.29 is 19.1 Å². The Morgan fingerprint density at radius 1 is 1.29 bits per heavy atom. The summed E-state index contributed by atoms with van der Waals surface area (Å²) in [5, 5.41) is -0.307. The molecule has 0 atom stereocenters. The topological polar surface area (TPSA) is 81.9 Å². The van der Waals surface area contributed by atoms with Crippen molar-refractivity contribution >= 4 is 29.0 Å². The van der Waals surface area contributed by atoms with Crippen molar-refractivity contribution in [3.05, 3.63) is 28.7 Å². The summed E-state index contributed by atoms with van der Waals surface area (Å²) >= 11 is 0.896. The van der Waals surface area contributed by atoms with E-state index >= 15 is 0 Å². The van der Waals surface area contributed by atoms with Crippen LogP contribution < -0.4 is 15.2 Å². The molecule has 1 saturated heterocycles. The second-order valence-electron chi connectivity index (χ2n) is 4.20. The largest absolute Gasteiger partial charge is 0.493 e. The summed E-state index contributed by atoms with van der Waals surface area (Å²) in [5.41, 5.74) is 6.08. The Kier molecular flexibility index (Phi) is 4.87. The number of methoxy groups -OCH3 is 2. The summed E-state index contributed by atoms with van der Waals surface area (Å²) in [6.07, 6.45) is 1.63. The van der Waals surface area contributed by atoms with Crippen LogP contribution in [0.2, 0.25) is 0 Å². The fourth-order valence-corrected chi connectivity index (χ4v) is 2.84. The summed E-state index contributed by atoms with van der Waals surface area (Å²) in [5.74, 6) is 0.749. The van der Waals surface area contributed by atoms with Gasteiger partial charge in [0.15, 0.2) is 11.5 Å². The van der Waals surface area contributed by atoms with Crippen LogP contribution in [0.15, 0.2) is 23.1 Å². The number of hydrogen-bond acceptors (Lipinski definition) is 6. The molecule has 1 aliphatic rings. The van der Waals surface area contributed by atoms with Crippen molar-refractivity contribution in [3.8, 4) is 11.5 Å². The molecule has 112 valence electrons. The number of nitrogens with zero attached hydrogens (tertiary/aromatic N) is 1. The van der Waals surface area contributed by atoms with Gasteiger partial charge in [-0.1, -0.05) is 12.1 Å². The number of rotatable bonds is 5. The zero-order valence-corrected chi connectivity index (χ0v) is 12.6. The first-order valence-corrected chi connectivity index (χ1v) is 7.10. The van der Waals surface area contributed by atoms with Crippen LogP contribution in [0.1, 0.15) is 5.56 Å². The van der Waals surface area contributed by atoms with Crippen molar-refractivity contribution in [3.63, 3.8) is 0 Å². The Labute approximate surface area is 126 Å². The minimum atomic E-state index is -0.333. The maximum absolute atomic E-state index is 12.2. The molecule has 6 nitrogen and oxygen atoms in total. The number of amides is 2. The third-order valence-electron chi connectivity index (χ3n) is 2.95. The highest BCUT2D eigenvalue weighted by atomic mass is 32.2. The first kappa shape index (κ1) is 15.4. The maximum Gasteiger partial charge on any atom is 0.293 e. The van der Waals surface area contributed by atoms with E-state index in [1.54, 1.807) is 24.3 Å². The van der Waals surface area contributed by atoms with Gasteiger partial charge in [-0.25, -0.2) is 0 Å². The molecule has 0 spiro atoms. The molecular formula is C14H16N2O4S. The van der Waals surface area contributed by atoms with Crippen LogP contribution in [-0.2, 0) is 4.79 Å².